The number of nitrogens with one attached hydrogen (secondary N) is 2. The first-order chi connectivity index (χ1) is 12.9. The number of nitrogens with two attached hydrogens (primary N) is 1. The molecule has 0 unspecified atom stereocenters. The number of carbonyl (C=O) groups excluding carboxylic acids is 1. The SMILES string of the molecule is COC1CCC(Nc2ncc(C(N)=O)c(N[C@@H]3CCC[C@@](C)(O)C3)n2)CC1. The molecule has 150 valence electrons. The van der Waals surface area contributed by atoms with E-state index in [1.807, 2.05) is 6.92 Å². The molecule has 0 aromatic carbocycles. The van der Waals surface area contributed by atoms with Gasteiger partial charge in [0.05, 0.1) is 17.3 Å². The van der Waals surface area contributed by atoms with Gasteiger partial charge in [0, 0.05) is 25.4 Å². The van der Waals surface area contributed by atoms with E-state index >= 15 is 0 Å². The van der Waals surface area contributed by atoms with Crippen molar-refractivity contribution in [1.29, 1.82) is 0 Å². The van der Waals surface area contributed by atoms with Crippen molar-refractivity contribution in [2.45, 2.75) is 82.1 Å². The van der Waals surface area contributed by atoms with Gasteiger partial charge in [-0.2, -0.15) is 4.98 Å². The van der Waals surface area contributed by atoms with E-state index in [0.717, 1.165) is 44.9 Å². The topological polar surface area (TPSA) is 122 Å². The summed E-state index contributed by atoms with van der Waals surface area (Å²) in [6.07, 6.45) is 9.05. The molecular formula is C19H31N5O3. The summed E-state index contributed by atoms with van der Waals surface area (Å²) in [7, 11) is 1.75. The van der Waals surface area contributed by atoms with Crippen LogP contribution in [0.2, 0.25) is 0 Å². The van der Waals surface area contributed by atoms with Crippen LogP contribution in [0.3, 0.4) is 0 Å². The monoisotopic (exact) mass is 377 g/mol. The van der Waals surface area contributed by atoms with Crippen LogP contribution in [0.15, 0.2) is 6.20 Å². The molecule has 0 bridgehead atoms. The summed E-state index contributed by atoms with van der Waals surface area (Å²) in [4.78, 5) is 20.6. The van der Waals surface area contributed by atoms with Crippen molar-refractivity contribution >= 4 is 17.7 Å². The summed E-state index contributed by atoms with van der Waals surface area (Å²) in [6.45, 7) is 1.85. The van der Waals surface area contributed by atoms with E-state index < -0.39 is 11.5 Å². The van der Waals surface area contributed by atoms with Crippen molar-refractivity contribution in [3.05, 3.63) is 11.8 Å². The highest BCUT2D eigenvalue weighted by atomic mass is 16.5. The van der Waals surface area contributed by atoms with Crippen molar-refractivity contribution < 1.29 is 14.6 Å². The minimum atomic E-state index is -0.698. The Morgan fingerprint density at radius 3 is 2.63 bits per heavy atom. The van der Waals surface area contributed by atoms with Crippen molar-refractivity contribution in [2.24, 2.45) is 5.73 Å². The molecule has 8 nitrogen and oxygen atoms in total. The highest BCUT2D eigenvalue weighted by Crippen LogP contribution is 2.30. The first-order valence-corrected chi connectivity index (χ1v) is 9.81. The van der Waals surface area contributed by atoms with E-state index in [2.05, 4.69) is 20.6 Å². The van der Waals surface area contributed by atoms with Gasteiger partial charge < -0.3 is 26.2 Å². The Kier molecular flexibility index (Phi) is 6.16. The lowest BCUT2D eigenvalue weighted by Crippen LogP contribution is -2.38. The molecule has 1 heterocycles. The van der Waals surface area contributed by atoms with E-state index in [9.17, 15) is 9.90 Å². The minimum absolute atomic E-state index is 0.0479. The number of rotatable bonds is 6. The molecular weight excluding hydrogens is 346 g/mol. The van der Waals surface area contributed by atoms with Crippen LogP contribution in [0.25, 0.3) is 0 Å². The molecule has 2 aliphatic rings. The number of amides is 1. The Morgan fingerprint density at radius 2 is 2.00 bits per heavy atom. The molecule has 2 atom stereocenters. The third-order valence-electron chi connectivity index (χ3n) is 5.69. The second-order valence-corrected chi connectivity index (χ2v) is 8.11. The van der Waals surface area contributed by atoms with E-state index in [1.54, 1.807) is 7.11 Å². The van der Waals surface area contributed by atoms with Crippen molar-refractivity contribution in [2.75, 3.05) is 17.7 Å². The first kappa shape index (κ1) is 19.8. The number of nitrogens with zero attached hydrogens (tertiary/aromatic N) is 2. The zero-order valence-electron chi connectivity index (χ0n) is 16.2. The van der Waals surface area contributed by atoms with E-state index in [4.69, 9.17) is 10.5 Å². The number of hydrogen-bond acceptors (Lipinski definition) is 7. The minimum Gasteiger partial charge on any atom is -0.390 e. The molecule has 0 radical (unpaired) electrons. The lowest BCUT2D eigenvalue weighted by molar-refractivity contribution is 0.0182. The molecule has 1 aromatic rings. The average molecular weight is 377 g/mol. The molecule has 0 aliphatic heterocycles. The van der Waals surface area contributed by atoms with Gasteiger partial charge in [-0.15, -0.1) is 0 Å². The molecule has 3 rings (SSSR count). The third kappa shape index (κ3) is 5.29. The van der Waals surface area contributed by atoms with Gasteiger partial charge in [-0.05, 0) is 58.3 Å². The van der Waals surface area contributed by atoms with E-state index in [-0.39, 0.29) is 11.6 Å². The van der Waals surface area contributed by atoms with Crippen molar-refractivity contribution in [1.82, 2.24) is 9.97 Å². The molecule has 1 amide bonds. The molecule has 1 aromatic heterocycles. The van der Waals surface area contributed by atoms with Crippen LogP contribution in [0, 0.1) is 0 Å². The second kappa shape index (κ2) is 8.39. The van der Waals surface area contributed by atoms with E-state index in [0.29, 0.717) is 30.3 Å². The van der Waals surface area contributed by atoms with Crippen LogP contribution in [0.1, 0.15) is 68.6 Å². The molecule has 0 spiro atoms. The fourth-order valence-corrected chi connectivity index (χ4v) is 4.15. The molecule has 0 saturated heterocycles. The highest BCUT2D eigenvalue weighted by molar-refractivity contribution is 5.97. The first-order valence-electron chi connectivity index (χ1n) is 9.81. The smallest absolute Gasteiger partial charge is 0.254 e. The Morgan fingerprint density at radius 1 is 1.26 bits per heavy atom. The second-order valence-electron chi connectivity index (χ2n) is 8.11. The third-order valence-corrected chi connectivity index (χ3v) is 5.69. The molecule has 2 aliphatic carbocycles. The number of ether oxygens (including phenoxy) is 1. The molecule has 27 heavy (non-hydrogen) atoms. The number of anilines is 2. The van der Waals surface area contributed by atoms with Gasteiger partial charge in [-0.25, -0.2) is 4.98 Å². The maximum atomic E-state index is 11.8. The standard InChI is InChI=1S/C19H31N5O3/c1-19(26)9-3-4-13(10-19)22-17-15(16(20)25)11-21-18(24-17)23-12-5-7-14(27-2)8-6-12/h11-14,26H,3-10H2,1-2H3,(H2,20,25)(H2,21,22,23,24)/t12?,13-,14?,19-/m1/s1. The quantitative estimate of drug-likeness (QED) is 0.598. The van der Waals surface area contributed by atoms with Gasteiger partial charge in [0.25, 0.3) is 5.91 Å². The number of aromatic nitrogens is 2. The van der Waals surface area contributed by atoms with Crippen LogP contribution >= 0.6 is 0 Å². The van der Waals surface area contributed by atoms with Gasteiger partial charge in [-0.1, -0.05) is 0 Å². The van der Waals surface area contributed by atoms with Crippen LogP contribution in [0.5, 0.6) is 0 Å². The predicted octanol–water partition coefficient (Wildman–Crippen LogP) is 2.05. The van der Waals surface area contributed by atoms with Crippen LogP contribution in [-0.2, 0) is 4.74 Å². The number of hydrogen-bond donors (Lipinski definition) is 4. The number of carbonyl (C=O) groups is 1. The number of primary amides is 1. The summed E-state index contributed by atoms with van der Waals surface area (Å²) in [5, 5.41) is 17.0. The Hall–Kier alpha value is -1.93. The molecule has 2 saturated carbocycles. The molecule has 5 N–H and O–H groups in total. The summed E-state index contributed by atoms with van der Waals surface area (Å²) in [5.41, 5.74) is 5.07. The maximum absolute atomic E-state index is 11.8. The van der Waals surface area contributed by atoms with Gasteiger partial charge in [0.15, 0.2) is 0 Å². The van der Waals surface area contributed by atoms with Crippen LogP contribution < -0.4 is 16.4 Å². The van der Waals surface area contributed by atoms with Gasteiger partial charge in [0.1, 0.15) is 5.82 Å². The van der Waals surface area contributed by atoms with E-state index in [1.165, 1.54) is 6.20 Å². The average Bonchev–Trinajstić information content (AvgIpc) is 2.61. The van der Waals surface area contributed by atoms with Crippen LogP contribution in [0.4, 0.5) is 11.8 Å². The lowest BCUT2D eigenvalue weighted by Gasteiger charge is -2.34. The molecule has 2 fully saturated rings. The summed E-state index contributed by atoms with van der Waals surface area (Å²) in [6, 6.07) is 0.339. The lowest BCUT2D eigenvalue weighted by atomic mass is 9.83. The van der Waals surface area contributed by atoms with Crippen molar-refractivity contribution in [3.63, 3.8) is 0 Å². The number of aliphatic hydroxyl groups is 1. The van der Waals surface area contributed by atoms with Crippen molar-refractivity contribution in [3.8, 4) is 0 Å². The maximum Gasteiger partial charge on any atom is 0.254 e. The fourth-order valence-electron chi connectivity index (χ4n) is 4.15. The van der Waals surface area contributed by atoms with Gasteiger partial charge >= 0.3 is 0 Å². The fraction of sp³-hybridized carbons (Fsp3) is 0.737. The normalized spacial score (nSPS) is 31.3. The summed E-state index contributed by atoms with van der Waals surface area (Å²) in [5.74, 6) is 0.367. The Balaban J connectivity index is 1.70. The van der Waals surface area contributed by atoms with Gasteiger partial charge in [-0.3, -0.25) is 4.79 Å². The predicted molar refractivity (Wildman–Crippen MR) is 104 cm³/mol. The molecule has 8 heteroatoms. The Labute approximate surface area is 160 Å². The Bertz CT molecular complexity index is 659. The number of methoxy groups -OCH3 is 1. The summed E-state index contributed by atoms with van der Waals surface area (Å²) < 4.78 is 5.41. The summed E-state index contributed by atoms with van der Waals surface area (Å²) >= 11 is 0. The van der Waals surface area contributed by atoms with Gasteiger partial charge in [0.2, 0.25) is 5.95 Å². The van der Waals surface area contributed by atoms with Crippen LogP contribution in [-0.4, -0.2) is 51.9 Å². The zero-order chi connectivity index (χ0) is 19.4. The zero-order valence-corrected chi connectivity index (χ0v) is 16.2. The highest BCUT2D eigenvalue weighted by Gasteiger charge is 2.31. The largest absolute Gasteiger partial charge is 0.390 e.